The minimum absolute atomic E-state index is 0.0215. The highest BCUT2D eigenvalue weighted by atomic mass is 32.2. The Kier molecular flexibility index (Phi) is 3.67. The zero-order valence-electron chi connectivity index (χ0n) is 12.5. The van der Waals surface area contributed by atoms with Crippen LogP contribution in [-0.4, -0.2) is 30.3 Å². The lowest BCUT2D eigenvalue weighted by Crippen LogP contribution is -2.11. The molecule has 1 amide bonds. The largest absolute Gasteiger partial charge is 0.420 e. The van der Waals surface area contributed by atoms with E-state index in [9.17, 15) is 17.6 Å². The molecule has 0 saturated carbocycles. The molecule has 1 aliphatic heterocycles. The van der Waals surface area contributed by atoms with Crippen LogP contribution in [0, 0.1) is 5.82 Å². The van der Waals surface area contributed by atoms with Gasteiger partial charge in [0.25, 0.3) is 5.89 Å². The number of benzene rings is 1. The normalized spacial score (nSPS) is 16.8. The predicted octanol–water partition coefficient (Wildman–Crippen LogP) is 2.11. The molecule has 122 valence electrons. The molecular formula is C14H14FN3O4S. The van der Waals surface area contributed by atoms with Crippen molar-refractivity contribution in [2.45, 2.75) is 31.1 Å². The second-order valence-electron chi connectivity index (χ2n) is 5.55. The monoisotopic (exact) mass is 339 g/mol. The van der Waals surface area contributed by atoms with E-state index in [-0.39, 0.29) is 40.1 Å². The molecule has 9 heteroatoms. The smallest absolute Gasteiger partial charge is 0.250 e. The predicted molar refractivity (Wildman–Crippen MR) is 79.1 cm³/mol. The van der Waals surface area contributed by atoms with Gasteiger partial charge in [-0.15, -0.1) is 10.2 Å². The molecule has 23 heavy (non-hydrogen) atoms. The van der Waals surface area contributed by atoms with E-state index in [1.807, 2.05) is 13.8 Å². The zero-order valence-corrected chi connectivity index (χ0v) is 13.3. The number of carbonyl (C=O) groups excluding carboxylic acids is 1. The van der Waals surface area contributed by atoms with Gasteiger partial charge < -0.3 is 9.73 Å². The summed E-state index contributed by atoms with van der Waals surface area (Å²) in [7, 11) is -3.73. The van der Waals surface area contributed by atoms with E-state index in [4.69, 9.17) is 4.42 Å². The number of carbonyl (C=O) groups is 1. The first-order valence-corrected chi connectivity index (χ1v) is 8.63. The maximum Gasteiger partial charge on any atom is 0.250 e. The minimum Gasteiger partial charge on any atom is -0.420 e. The Labute approximate surface area is 131 Å². The average Bonchev–Trinajstić information content (AvgIpc) is 2.92. The number of nitrogens with zero attached hydrogens (tertiary/aromatic N) is 2. The molecule has 0 atom stereocenters. The van der Waals surface area contributed by atoms with E-state index in [2.05, 4.69) is 15.5 Å². The fraction of sp³-hybridized carbons (Fsp3) is 0.357. The molecule has 0 radical (unpaired) electrons. The summed E-state index contributed by atoms with van der Waals surface area (Å²) in [5.74, 6) is -1.36. The van der Waals surface area contributed by atoms with Crippen LogP contribution in [0.1, 0.15) is 32.1 Å². The van der Waals surface area contributed by atoms with E-state index < -0.39 is 21.6 Å². The summed E-state index contributed by atoms with van der Waals surface area (Å²) in [5.41, 5.74) is -0.0336. The van der Waals surface area contributed by atoms with Crippen LogP contribution in [0.5, 0.6) is 0 Å². The van der Waals surface area contributed by atoms with Crippen molar-refractivity contribution in [2.24, 2.45) is 0 Å². The van der Waals surface area contributed by atoms with Gasteiger partial charge in [0.05, 0.1) is 21.9 Å². The van der Waals surface area contributed by atoms with Crippen LogP contribution < -0.4 is 5.32 Å². The first-order valence-electron chi connectivity index (χ1n) is 6.98. The van der Waals surface area contributed by atoms with E-state index in [0.29, 0.717) is 5.89 Å². The second kappa shape index (κ2) is 5.41. The number of hydrogen-bond donors (Lipinski definition) is 1. The molecule has 1 N–H and O–H groups in total. The van der Waals surface area contributed by atoms with Gasteiger partial charge in [-0.3, -0.25) is 4.79 Å². The topological polar surface area (TPSA) is 102 Å². The lowest BCUT2D eigenvalue weighted by atomic mass is 10.2. The third-order valence-corrected chi connectivity index (χ3v) is 5.19. The Balaban J connectivity index is 2.15. The molecule has 0 bridgehead atoms. The van der Waals surface area contributed by atoms with Gasteiger partial charge >= 0.3 is 0 Å². The molecule has 0 saturated heterocycles. The summed E-state index contributed by atoms with van der Waals surface area (Å²) in [5, 5.41) is 10.1. The van der Waals surface area contributed by atoms with Gasteiger partial charge in [-0.25, -0.2) is 12.8 Å². The summed E-state index contributed by atoms with van der Waals surface area (Å²) in [6.45, 7) is 3.69. The number of hydrogen-bond acceptors (Lipinski definition) is 6. The fourth-order valence-corrected chi connectivity index (χ4v) is 3.60. The minimum atomic E-state index is -3.73. The lowest BCUT2D eigenvalue weighted by Gasteiger charge is -2.09. The Morgan fingerprint density at radius 2 is 2.04 bits per heavy atom. The number of aromatic nitrogens is 2. The van der Waals surface area contributed by atoms with Crippen molar-refractivity contribution in [3.8, 4) is 11.5 Å². The standard InChI is InChI=1S/C14H14FN3O4S/c1-7(2)13-17-18-14(22-13)8-5-10-11(6-9(8)15)23(20,21)4-3-12(19)16-10/h5-7H,3-4H2,1-2H3,(H,16,19). The Morgan fingerprint density at radius 3 is 2.70 bits per heavy atom. The number of fused-ring (bicyclic) bond motifs is 1. The van der Waals surface area contributed by atoms with Crippen molar-refractivity contribution in [2.75, 3.05) is 11.1 Å². The number of anilines is 1. The molecule has 0 aliphatic carbocycles. The van der Waals surface area contributed by atoms with Crippen LogP contribution in [0.3, 0.4) is 0 Å². The van der Waals surface area contributed by atoms with Crippen molar-refractivity contribution in [1.82, 2.24) is 10.2 Å². The first-order chi connectivity index (χ1) is 10.8. The molecule has 0 unspecified atom stereocenters. The number of rotatable bonds is 2. The first kappa shape index (κ1) is 15.6. The number of amides is 1. The molecule has 0 spiro atoms. The Hall–Kier alpha value is -2.29. The van der Waals surface area contributed by atoms with Gasteiger partial charge in [0, 0.05) is 12.3 Å². The molecule has 1 aromatic carbocycles. The van der Waals surface area contributed by atoms with Gasteiger partial charge in [-0.2, -0.15) is 0 Å². The molecule has 3 rings (SSSR count). The summed E-state index contributed by atoms with van der Waals surface area (Å²) >= 11 is 0. The van der Waals surface area contributed by atoms with Crippen LogP contribution in [0.2, 0.25) is 0 Å². The van der Waals surface area contributed by atoms with Gasteiger partial charge in [0.15, 0.2) is 9.84 Å². The summed E-state index contributed by atoms with van der Waals surface area (Å²) < 4.78 is 44.0. The quantitative estimate of drug-likeness (QED) is 0.899. The molecule has 7 nitrogen and oxygen atoms in total. The number of sulfone groups is 1. The van der Waals surface area contributed by atoms with Crippen LogP contribution in [0.15, 0.2) is 21.4 Å². The van der Waals surface area contributed by atoms with E-state index in [1.54, 1.807) is 0 Å². The molecule has 1 aromatic heterocycles. The summed E-state index contributed by atoms with van der Waals surface area (Å²) in [4.78, 5) is 11.4. The van der Waals surface area contributed by atoms with Crippen molar-refractivity contribution < 1.29 is 22.0 Å². The van der Waals surface area contributed by atoms with Crippen LogP contribution >= 0.6 is 0 Å². The van der Waals surface area contributed by atoms with Gasteiger partial charge in [-0.1, -0.05) is 13.8 Å². The van der Waals surface area contributed by atoms with Gasteiger partial charge in [0.2, 0.25) is 11.8 Å². The zero-order chi connectivity index (χ0) is 16.8. The van der Waals surface area contributed by atoms with Crippen molar-refractivity contribution >= 4 is 21.4 Å². The third-order valence-electron chi connectivity index (χ3n) is 3.44. The van der Waals surface area contributed by atoms with Gasteiger partial charge in [-0.05, 0) is 12.1 Å². The number of halogens is 1. The Bertz CT molecular complexity index is 889. The van der Waals surface area contributed by atoms with E-state index in [1.165, 1.54) is 6.07 Å². The van der Waals surface area contributed by atoms with E-state index in [0.717, 1.165) is 6.07 Å². The highest BCUT2D eigenvalue weighted by Crippen LogP contribution is 2.33. The third kappa shape index (κ3) is 2.83. The van der Waals surface area contributed by atoms with Crippen LogP contribution in [0.25, 0.3) is 11.5 Å². The maximum atomic E-state index is 14.3. The van der Waals surface area contributed by atoms with Crippen LogP contribution in [0.4, 0.5) is 10.1 Å². The molecule has 2 heterocycles. The van der Waals surface area contributed by atoms with Crippen molar-refractivity contribution in [3.05, 3.63) is 23.8 Å². The average molecular weight is 339 g/mol. The SMILES string of the molecule is CC(C)c1nnc(-c2cc3c(cc2F)S(=O)(=O)CCC(=O)N3)o1. The molecule has 0 fully saturated rings. The number of nitrogens with one attached hydrogen (secondary N) is 1. The summed E-state index contributed by atoms with van der Waals surface area (Å²) in [6.07, 6.45) is -0.175. The van der Waals surface area contributed by atoms with Crippen molar-refractivity contribution in [1.29, 1.82) is 0 Å². The van der Waals surface area contributed by atoms with Crippen LogP contribution in [-0.2, 0) is 14.6 Å². The lowest BCUT2D eigenvalue weighted by molar-refractivity contribution is -0.115. The maximum absolute atomic E-state index is 14.3. The molecule has 2 aromatic rings. The van der Waals surface area contributed by atoms with Gasteiger partial charge in [0.1, 0.15) is 5.82 Å². The molecule has 1 aliphatic rings. The highest BCUT2D eigenvalue weighted by Gasteiger charge is 2.28. The van der Waals surface area contributed by atoms with E-state index >= 15 is 0 Å². The summed E-state index contributed by atoms with van der Waals surface area (Å²) in [6, 6.07) is 2.09. The highest BCUT2D eigenvalue weighted by molar-refractivity contribution is 7.91. The molecular weight excluding hydrogens is 325 g/mol. The fourth-order valence-electron chi connectivity index (χ4n) is 2.20. The Morgan fingerprint density at radius 1 is 1.30 bits per heavy atom. The second-order valence-corrected chi connectivity index (χ2v) is 7.62. The van der Waals surface area contributed by atoms with Crippen molar-refractivity contribution in [3.63, 3.8) is 0 Å².